The smallest absolute Gasteiger partial charge is 0.280 e. The van der Waals surface area contributed by atoms with Gasteiger partial charge in [-0.1, -0.05) is 10.4 Å². The summed E-state index contributed by atoms with van der Waals surface area (Å²) in [5.74, 6) is 1.89. The van der Waals surface area contributed by atoms with Crippen molar-refractivity contribution in [3.05, 3.63) is 30.0 Å². The average Bonchev–Trinajstić information content (AvgIpc) is 3.40. The second-order valence-electron chi connectivity index (χ2n) is 6.41. The highest BCUT2D eigenvalue weighted by molar-refractivity contribution is 5.61. The number of piperidine rings is 1. The standard InChI is InChI=1S/C17H18N6O2/c1-2-15-11(5-8-24-15)9-12(1)16-19-17(25-21-16)14-10-23(22-20-14)13-3-6-18-7-4-13/h1-2,9-10,13,18H,3-8H2. The van der Waals surface area contributed by atoms with Gasteiger partial charge in [0.25, 0.3) is 5.89 Å². The van der Waals surface area contributed by atoms with Crippen LogP contribution in [0, 0.1) is 0 Å². The van der Waals surface area contributed by atoms with E-state index in [4.69, 9.17) is 9.26 Å². The molecule has 4 heterocycles. The van der Waals surface area contributed by atoms with Crippen molar-refractivity contribution in [2.75, 3.05) is 19.7 Å². The lowest BCUT2D eigenvalue weighted by Crippen LogP contribution is -2.29. The summed E-state index contributed by atoms with van der Waals surface area (Å²) in [7, 11) is 0. The highest BCUT2D eigenvalue weighted by Gasteiger charge is 2.20. The Balaban J connectivity index is 1.40. The van der Waals surface area contributed by atoms with Crippen LogP contribution >= 0.6 is 0 Å². The molecule has 25 heavy (non-hydrogen) atoms. The van der Waals surface area contributed by atoms with E-state index < -0.39 is 0 Å². The number of nitrogens with zero attached hydrogens (tertiary/aromatic N) is 5. The third kappa shape index (κ3) is 2.68. The van der Waals surface area contributed by atoms with E-state index in [2.05, 4.69) is 31.8 Å². The summed E-state index contributed by atoms with van der Waals surface area (Å²) in [5, 5.41) is 15.9. The van der Waals surface area contributed by atoms with Crippen LogP contribution in [0.25, 0.3) is 23.0 Å². The Labute approximate surface area is 144 Å². The van der Waals surface area contributed by atoms with Crippen LogP contribution in [0.3, 0.4) is 0 Å². The molecule has 8 nitrogen and oxygen atoms in total. The van der Waals surface area contributed by atoms with Crippen molar-refractivity contribution < 1.29 is 9.26 Å². The number of aromatic nitrogens is 5. The van der Waals surface area contributed by atoms with E-state index in [0.29, 0.717) is 23.5 Å². The van der Waals surface area contributed by atoms with Crippen molar-refractivity contribution in [2.45, 2.75) is 25.3 Å². The quantitative estimate of drug-likeness (QED) is 0.779. The van der Waals surface area contributed by atoms with Gasteiger partial charge in [0.1, 0.15) is 5.75 Å². The summed E-state index contributed by atoms with van der Waals surface area (Å²) in [6.07, 6.45) is 4.91. The lowest BCUT2D eigenvalue weighted by atomic mass is 10.1. The molecule has 128 valence electrons. The zero-order chi connectivity index (χ0) is 16.6. The minimum atomic E-state index is 0.376. The first-order valence-electron chi connectivity index (χ1n) is 8.59. The van der Waals surface area contributed by atoms with Crippen LogP contribution in [0.15, 0.2) is 28.9 Å². The minimum absolute atomic E-state index is 0.376. The summed E-state index contributed by atoms with van der Waals surface area (Å²) in [6, 6.07) is 6.34. The fraction of sp³-hybridized carbons (Fsp3) is 0.412. The molecule has 0 saturated carbocycles. The molecule has 0 spiro atoms. The van der Waals surface area contributed by atoms with Gasteiger partial charge in [0.2, 0.25) is 5.82 Å². The Bertz CT molecular complexity index is 896. The van der Waals surface area contributed by atoms with E-state index in [1.165, 1.54) is 5.56 Å². The van der Waals surface area contributed by atoms with Crippen molar-refractivity contribution >= 4 is 0 Å². The third-order valence-corrected chi connectivity index (χ3v) is 4.79. The van der Waals surface area contributed by atoms with Crippen molar-refractivity contribution in [1.82, 2.24) is 30.5 Å². The number of benzene rings is 1. The Morgan fingerprint density at radius 2 is 2.12 bits per heavy atom. The number of hydrogen-bond acceptors (Lipinski definition) is 7. The van der Waals surface area contributed by atoms with Gasteiger partial charge in [-0.05, 0) is 49.7 Å². The Hall–Kier alpha value is -2.74. The van der Waals surface area contributed by atoms with Gasteiger partial charge >= 0.3 is 0 Å². The number of fused-ring (bicyclic) bond motifs is 1. The van der Waals surface area contributed by atoms with Gasteiger partial charge in [0, 0.05) is 12.0 Å². The lowest BCUT2D eigenvalue weighted by Gasteiger charge is -2.21. The summed E-state index contributed by atoms with van der Waals surface area (Å²) in [4.78, 5) is 4.49. The van der Waals surface area contributed by atoms with E-state index >= 15 is 0 Å². The number of rotatable bonds is 3. The predicted octanol–water partition coefficient (Wildman–Crippen LogP) is 1.85. The molecule has 1 N–H and O–H groups in total. The molecule has 1 aromatic carbocycles. The number of ether oxygens (including phenoxy) is 1. The second-order valence-corrected chi connectivity index (χ2v) is 6.41. The zero-order valence-corrected chi connectivity index (χ0v) is 13.7. The van der Waals surface area contributed by atoms with E-state index in [-0.39, 0.29) is 0 Å². The van der Waals surface area contributed by atoms with Crippen molar-refractivity contribution in [2.24, 2.45) is 0 Å². The SMILES string of the molecule is c1cc2c(cc1-c1noc(-c3cn(C4CCNCC4)nn3)n1)CCO2. The first-order chi connectivity index (χ1) is 12.4. The molecule has 5 rings (SSSR count). The molecule has 1 saturated heterocycles. The fourth-order valence-electron chi connectivity index (χ4n) is 3.39. The van der Waals surface area contributed by atoms with Crippen LogP contribution in [0.4, 0.5) is 0 Å². The van der Waals surface area contributed by atoms with Gasteiger partial charge in [-0.15, -0.1) is 5.10 Å². The number of nitrogens with one attached hydrogen (secondary N) is 1. The highest BCUT2D eigenvalue weighted by Crippen LogP contribution is 2.30. The molecule has 2 aliphatic rings. The van der Waals surface area contributed by atoms with Crippen LogP contribution in [0.1, 0.15) is 24.4 Å². The maximum Gasteiger partial charge on any atom is 0.280 e. The van der Waals surface area contributed by atoms with E-state index in [0.717, 1.165) is 50.3 Å². The summed E-state index contributed by atoms with van der Waals surface area (Å²) in [5.41, 5.74) is 2.72. The largest absolute Gasteiger partial charge is 0.493 e. The Kier molecular flexibility index (Phi) is 3.48. The Morgan fingerprint density at radius 1 is 1.20 bits per heavy atom. The van der Waals surface area contributed by atoms with Crippen molar-refractivity contribution in [3.63, 3.8) is 0 Å². The molecule has 8 heteroatoms. The van der Waals surface area contributed by atoms with Gasteiger partial charge in [-0.25, -0.2) is 4.68 Å². The van der Waals surface area contributed by atoms with Crippen molar-refractivity contribution in [1.29, 1.82) is 0 Å². The minimum Gasteiger partial charge on any atom is -0.493 e. The van der Waals surface area contributed by atoms with Crippen LogP contribution in [0.5, 0.6) is 5.75 Å². The average molecular weight is 338 g/mol. The predicted molar refractivity (Wildman–Crippen MR) is 89.1 cm³/mol. The molecule has 0 atom stereocenters. The summed E-state index contributed by atoms with van der Waals surface area (Å²) >= 11 is 0. The van der Waals surface area contributed by atoms with E-state index in [1.807, 2.05) is 23.0 Å². The molecule has 3 aromatic rings. The van der Waals surface area contributed by atoms with Crippen LogP contribution in [-0.2, 0) is 6.42 Å². The van der Waals surface area contributed by atoms with Gasteiger partial charge in [0.05, 0.1) is 18.8 Å². The maximum atomic E-state index is 5.53. The van der Waals surface area contributed by atoms with E-state index in [1.54, 1.807) is 0 Å². The van der Waals surface area contributed by atoms with Gasteiger partial charge < -0.3 is 14.6 Å². The third-order valence-electron chi connectivity index (χ3n) is 4.79. The van der Waals surface area contributed by atoms with Gasteiger partial charge in [0.15, 0.2) is 5.69 Å². The summed E-state index contributed by atoms with van der Waals surface area (Å²) < 4.78 is 12.8. The van der Waals surface area contributed by atoms with Crippen LogP contribution in [-0.4, -0.2) is 44.8 Å². The number of hydrogen-bond donors (Lipinski definition) is 1. The first kappa shape index (κ1) is 14.6. The molecule has 0 unspecified atom stereocenters. The second kappa shape index (κ2) is 5.96. The zero-order valence-electron chi connectivity index (χ0n) is 13.7. The molecule has 0 bridgehead atoms. The van der Waals surface area contributed by atoms with Gasteiger partial charge in [-0.2, -0.15) is 4.98 Å². The molecule has 1 fully saturated rings. The fourth-order valence-corrected chi connectivity index (χ4v) is 3.39. The van der Waals surface area contributed by atoms with E-state index in [9.17, 15) is 0 Å². The molecule has 2 aliphatic heterocycles. The molecular weight excluding hydrogens is 320 g/mol. The van der Waals surface area contributed by atoms with Crippen LogP contribution in [0.2, 0.25) is 0 Å². The van der Waals surface area contributed by atoms with Gasteiger partial charge in [-0.3, -0.25) is 0 Å². The normalized spacial score (nSPS) is 17.4. The maximum absolute atomic E-state index is 5.53. The molecular formula is C17H18N6O2. The van der Waals surface area contributed by atoms with Crippen LogP contribution < -0.4 is 10.1 Å². The molecule has 0 amide bonds. The first-order valence-corrected chi connectivity index (χ1v) is 8.59. The highest BCUT2D eigenvalue weighted by atomic mass is 16.5. The molecule has 0 radical (unpaired) electrons. The molecule has 2 aromatic heterocycles. The Morgan fingerprint density at radius 3 is 3.04 bits per heavy atom. The topological polar surface area (TPSA) is 90.9 Å². The van der Waals surface area contributed by atoms with Crippen molar-refractivity contribution in [3.8, 4) is 28.7 Å². The monoisotopic (exact) mass is 338 g/mol. The molecule has 0 aliphatic carbocycles. The summed E-state index contributed by atoms with van der Waals surface area (Å²) in [6.45, 7) is 2.75. The lowest BCUT2D eigenvalue weighted by molar-refractivity contribution is 0.337.